The molecule has 0 fully saturated rings. The van der Waals surface area contributed by atoms with Gasteiger partial charge in [-0.3, -0.25) is 4.79 Å². The Morgan fingerprint density at radius 1 is 1.29 bits per heavy atom. The van der Waals surface area contributed by atoms with E-state index < -0.39 is 11.7 Å². The van der Waals surface area contributed by atoms with Crippen molar-refractivity contribution >= 4 is 5.91 Å². The number of hydrogen-bond donors (Lipinski definition) is 1. The van der Waals surface area contributed by atoms with E-state index in [1.165, 1.54) is 12.1 Å². The molecule has 0 spiro atoms. The van der Waals surface area contributed by atoms with Crippen molar-refractivity contribution in [1.29, 1.82) is 0 Å². The molecule has 1 aliphatic rings. The number of fused-ring (bicyclic) bond motifs is 1. The minimum Gasteiger partial charge on any atom is -0.494 e. The van der Waals surface area contributed by atoms with Crippen LogP contribution in [0, 0.1) is 0 Å². The molecule has 4 nitrogen and oxygen atoms in total. The molecule has 0 saturated carbocycles. The smallest absolute Gasteiger partial charge is 0.416 e. The zero-order chi connectivity index (χ0) is 20.3. The van der Waals surface area contributed by atoms with Gasteiger partial charge in [0.05, 0.1) is 18.6 Å². The lowest BCUT2D eigenvalue weighted by Crippen LogP contribution is -2.25. The number of amides is 1. The summed E-state index contributed by atoms with van der Waals surface area (Å²) in [7, 11) is 0. The van der Waals surface area contributed by atoms with Crippen molar-refractivity contribution in [1.82, 2.24) is 5.32 Å². The molecule has 2 aromatic rings. The lowest BCUT2D eigenvalue weighted by molar-refractivity contribution is -0.137. The Morgan fingerprint density at radius 3 is 2.79 bits per heavy atom. The van der Waals surface area contributed by atoms with Crippen molar-refractivity contribution in [3.8, 4) is 11.5 Å². The van der Waals surface area contributed by atoms with Gasteiger partial charge in [0.2, 0.25) is 5.91 Å². The monoisotopic (exact) mass is 393 g/mol. The van der Waals surface area contributed by atoms with Crippen LogP contribution in [0.1, 0.15) is 36.1 Å². The first-order valence-corrected chi connectivity index (χ1v) is 9.14. The molecule has 1 N–H and O–H groups in total. The minimum absolute atomic E-state index is 0.0928. The second kappa shape index (κ2) is 8.12. The zero-order valence-electron chi connectivity index (χ0n) is 15.7. The molecule has 2 aromatic carbocycles. The summed E-state index contributed by atoms with van der Waals surface area (Å²) in [6.45, 7) is 4.55. The molecule has 1 aliphatic heterocycles. The standard InChI is InChI=1S/C21H22F3NO3/c1-3-27-18-10-15-7-13(2)28-19(15)11-16(18)12-25-20(26)9-14-5-4-6-17(8-14)21(22,23)24/h4-6,8,10-11,13H,3,7,9,12H2,1-2H3,(H,25,26)/t13-/m0/s1. The fraction of sp³-hybridized carbons (Fsp3) is 0.381. The molecule has 7 heteroatoms. The van der Waals surface area contributed by atoms with E-state index in [1.807, 2.05) is 26.0 Å². The highest BCUT2D eigenvalue weighted by atomic mass is 19.4. The number of carbonyl (C=O) groups excluding carboxylic acids is 1. The van der Waals surface area contributed by atoms with Gasteiger partial charge in [-0.1, -0.05) is 18.2 Å². The SMILES string of the molecule is CCOc1cc2c(cc1CNC(=O)Cc1cccc(C(F)(F)F)c1)O[C@@H](C)C2. The first kappa shape index (κ1) is 20.0. The lowest BCUT2D eigenvalue weighted by Gasteiger charge is -2.14. The first-order valence-electron chi connectivity index (χ1n) is 9.14. The van der Waals surface area contributed by atoms with E-state index >= 15 is 0 Å². The first-order chi connectivity index (χ1) is 13.3. The van der Waals surface area contributed by atoms with Crippen molar-refractivity contribution in [3.63, 3.8) is 0 Å². The van der Waals surface area contributed by atoms with Crippen LogP contribution in [0.5, 0.6) is 11.5 Å². The maximum absolute atomic E-state index is 12.8. The predicted molar refractivity (Wildman–Crippen MR) is 98.4 cm³/mol. The van der Waals surface area contributed by atoms with E-state index in [-0.39, 0.29) is 25.0 Å². The molecule has 1 amide bonds. The van der Waals surface area contributed by atoms with Crippen molar-refractivity contribution in [2.24, 2.45) is 0 Å². The lowest BCUT2D eigenvalue weighted by atomic mass is 10.1. The van der Waals surface area contributed by atoms with Gasteiger partial charge < -0.3 is 14.8 Å². The van der Waals surface area contributed by atoms with Crippen molar-refractivity contribution < 1.29 is 27.4 Å². The molecule has 0 radical (unpaired) electrons. The summed E-state index contributed by atoms with van der Waals surface area (Å²) in [6, 6.07) is 8.57. The Balaban J connectivity index is 1.67. The van der Waals surface area contributed by atoms with Crippen molar-refractivity contribution in [2.75, 3.05) is 6.61 Å². The highest BCUT2D eigenvalue weighted by molar-refractivity contribution is 5.78. The van der Waals surface area contributed by atoms with Gasteiger partial charge >= 0.3 is 6.18 Å². The van der Waals surface area contributed by atoms with Crippen molar-refractivity contribution in [3.05, 3.63) is 58.7 Å². The second-order valence-corrected chi connectivity index (χ2v) is 6.78. The summed E-state index contributed by atoms with van der Waals surface area (Å²) in [6.07, 6.45) is -3.67. The Bertz CT molecular complexity index is 864. The van der Waals surface area contributed by atoms with Crippen LogP contribution in [0.2, 0.25) is 0 Å². The normalized spacial score (nSPS) is 15.7. The van der Waals surface area contributed by atoms with Gasteiger partial charge in [0.15, 0.2) is 0 Å². The van der Waals surface area contributed by atoms with Gasteiger partial charge in [-0.15, -0.1) is 0 Å². The van der Waals surface area contributed by atoms with E-state index in [9.17, 15) is 18.0 Å². The molecule has 0 saturated heterocycles. The van der Waals surface area contributed by atoms with E-state index in [4.69, 9.17) is 9.47 Å². The van der Waals surface area contributed by atoms with Crippen LogP contribution in [0.25, 0.3) is 0 Å². The number of benzene rings is 2. The summed E-state index contributed by atoms with van der Waals surface area (Å²) in [5.41, 5.74) is 1.38. The Kier molecular flexibility index (Phi) is 5.82. The van der Waals surface area contributed by atoms with Gasteiger partial charge in [-0.25, -0.2) is 0 Å². The number of ether oxygens (including phenoxy) is 2. The van der Waals surface area contributed by atoms with Crippen LogP contribution in [-0.4, -0.2) is 18.6 Å². The minimum atomic E-state index is -4.43. The topological polar surface area (TPSA) is 47.6 Å². The van der Waals surface area contributed by atoms with Crippen LogP contribution in [-0.2, 0) is 30.4 Å². The summed E-state index contributed by atoms with van der Waals surface area (Å²) in [5.74, 6) is 1.09. The quantitative estimate of drug-likeness (QED) is 0.797. The number of alkyl halides is 3. The molecule has 0 aromatic heterocycles. The number of rotatable bonds is 6. The van der Waals surface area contributed by atoms with E-state index in [2.05, 4.69) is 5.32 Å². The van der Waals surface area contributed by atoms with Gasteiger partial charge in [0.25, 0.3) is 0 Å². The Morgan fingerprint density at radius 2 is 2.07 bits per heavy atom. The predicted octanol–water partition coefficient (Wildman–Crippen LogP) is 4.29. The van der Waals surface area contributed by atoms with E-state index in [0.29, 0.717) is 17.9 Å². The molecular weight excluding hydrogens is 371 g/mol. The number of halogens is 3. The molecule has 1 atom stereocenters. The van der Waals surface area contributed by atoms with Crippen LogP contribution in [0.3, 0.4) is 0 Å². The Hall–Kier alpha value is -2.70. The van der Waals surface area contributed by atoms with Gasteiger partial charge in [-0.05, 0) is 37.6 Å². The maximum Gasteiger partial charge on any atom is 0.416 e. The van der Waals surface area contributed by atoms with Crippen LogP contribution in [0.15, 0.2) is 36.4 Å². The number of hydrogen-bond acceptors (Lipinski definition) is 3. The highest BCUT2D eigenvalue weighted by Crippen LogP contribution is 2.35. The van der Waals surface area contributed by atoms with Crippen LogP contribution in [0.4, 0.5) is 13.2 Å². The number of carbonyl (C=O) groups is 1. The largest absolute Gasteiger partial charge is 0.494 e. The summed E-state index contributed by atoms with van der Waals surface area (Å²) >= 11 is 0. The highest BCUT2D eigenvalue weighted by Gasteiger charge is 2.30. The van der Waals surface area contributed by atoms with Gasteiger partial charge in [0, 0.05) is 24.1 Å². The molecule has 0 bridgehead atoms. The van der Waals surface area contributed by atoms with Gasteiger partial charge in [0.1, 0.15) is 17.6 Å². The fourth-order valence-corrected chi connectivity index (χ4v) is 3.21. The molecule has 1 heterocycles. The van der Waals surface area contributed by atoms with Crippen LogP contribution < -0.4 is 14.8 Å². The summed E-state index contributed by atoms with van der Waals surface area (Å²) in [4.78, 5) is 12.2. The fourth-order valence-electron chi connectivity index (χ4n) is 3.21. The molecule has 0 unspecified atom stereocenters. The maximum atomic E-state index is 12.8. The molecular formula is C21H22F3NO3. The molecule has 28 heavy (non-hydrogen) atoms. The third-order valence-electron chi connectivity index (χ3n) is 4.47. The van der Waals surface area contributed by atoms with E-state index in [1.54, 1.807) is 0 Å². The van der Waals surface area contributed by atoms with E-state index in [0.717, 1.165) is 35.4 Å². The average Bonchev–Trinajstić information content (AvgIpc) is 2.98. The summed E-state index contributed by atoms with van der Waals surface area (Å²) < 4.78 is 49.8. The zero-order valence-corrected chi connectivity index (χ0v) is 15.7. The third-order valence-corrected chi connectivity index (χ3v) is 4.47. The molecule has 150 valence electrons. The van der Waals surface area contributed by atoms with Gasteiger partial charge in [-0.2, -0.15) is 13.2 Å². The molecule has 3 rings (SSSR count). The van der Waals surface area contributed by atoms with Crippen LogP contribution >= 0.6 is 0 Å². The Labute approximate surface area is 161 Å². The molecule has 0 aliphatic carbocycles. The van der Waals surface area contributed by atoms with Crippen molar-refractivity contribution in [2.45, 2.75) is 45.5 Å². The summed E-state index contributed by atoms with van der Waals surface area (Å²) in [5, 5.41) is 2.75. The number of nitrogens with one attached hydrogen (secondary N) is 1. The average molecular weight is 393 g/mol. The second-order valence-electron chi connectivity index (χ2n) is 6.78. The third kappa shape index (κ3) is 4.77.